The minimum absolute atomic E-state index is 0.166. The van der Waals surface area contributed by atoms with Crippen LogP contribution in [0.25, 0.3) is 0 Å². The maximum absolute atomic E-state index is 12.8. The molecule has 2 aliphatic heterocycles. The van der Waals surface area contributed by atoms with Crippen molar-refractivity contribution in [2.45, 2.75) is 65.0 Å². The molecule has 0 radical (unpaired) electrons. The first-order chi connectivity index (χ1) is 9.43. The lowest BCUT2D eigenvalue weighted by molar-refractivity contribution is -0.164. The predicted octanol–water partition coefficient (Wildman–Crippen LogP) is 2.03. The van der Waals surface area contributed by atoms with Crippen LogP contribution in [-0.4, -0.2) is 46.8 Å². The fraction of sp³-hybridized carbons (Fsp3) is 0.875. The second-order valence-electron chi connectivity index (χ2n) is 7.51. The van der Waals surface area contributed by atoms with Crippen molar-refractivity contribution in [3.63, 3.8) is 0 Å². The van der Waals surface area contributed by atoms with Gasteiger partial charge < -0.3 is 9.80 Å². The third-order valence-corrected chi connectivity index (χ3v) is 5.44. The Bertz CT molecular complexity index is 428. The highest BCUT2D eigenvalue weighted by atomic mass is 16.2. The highest BCUT2D eigenvalue weighted by Crippen LogP contribution is 2.42. The first-order valence-corrected chi connectivity index (χ1v) is 8.04. The summed E-state index contributed by atoms with van der Waals surface area (Å²) in [4.78, 5) is 29.3. The SMILES string of the molecule is CC(C)C1C(=O)N2CCCC2C(=O)N1CC1(C)CCC1. The quantitative estimate of drug-likeness (QED) is 0.792. The molecule has 4 nitrogen and oxygen atoms in total. The Morgan fingerprint density at radius 3 is 2.45 bits per heavy atom. The average molecular weight is 278 g/mol. The maximum atomic E-state index is 12.8. The highest BCUT2D eigenvalue weighted by Gasteiger charge is 2.50. The molecule has 2 atom stereocenters. The van der Waals surface area contributed by atoms with Crippen molar-refractivity contribution in [3.8, 4) is 0 Å². The summed E-state index contributed by atoms with van der Waals surface area (Å²) in [6, 6.07) is -0.407. The highest BCUT2D eigenvalue weighted by molar-refractivity contribution is 5.97. The van der Waals surface area contributed by atoms with Crippen molar-refractivity contribution in [3.05, 3.63) is 0 Å². The fourth-order valence-electron chi connectivity index (χ4n) is 4.09. The smallest absolute Gasteiger partial charge is 0.246 e. The molecule has 2 heterocycles. The van der Waals surface area contributed by atoms with Gasteiger partial charge in [-0.3, -0.25) is 9.59 Å². The van der Waals surface area contributed by atoms with Crippen LogP contribution >= 0.6 is 0 Å². The molecule has 0 spiro atoms. The Labute approximate surface area is 121 Å². The van der Waals surface area contributed by atoms with Crippen LogP contribution in [0.3, 0.4) is 0 Å². The van der Waals surface area contributed by atoms with Gasteiger partial charge in [-0.1, -0.05) is 27.2 Å². The van der Waals surface area contributed by atoms with Crippen LogP contribution in [-0.2, 0) is 9.59 Å². The molecule has 0 aromatic heterocycles. The van der Waals surface area contributed by atoms with E-state index in [1.54, 1.807) is 0 Å². The lowest BCUT2D eigenvalue weighted by atomic mass is 9.69. The normalized spacial score (nSPS) is 32.6. The number of carbonyl (C=O) groups is 2. The fourth-order valence-corrected chi connectivity index (χ4v) is 4.09. The van der Waals surface area contributed by atoms with Crippen molar-refractivity contribution < 1.29 is 9.59 Å². The molecular weight excluding hydrogens is 252 g/mol. The molecule has 3 aliphatic rings. The number of carbonyl (C=O) groups excluding carboxylic acids is 2. The van der Waals surface area contributed by atoms with E-state index in [0.717, 1.165) is 25.9 Å². The first-order valence-electron chi connectivity index (χ1n) is 8.04. The summed E-state index contributed by atoms with van der Waals surface area (Å²) in [5.74, 6) is 0.579. The van der Waals surface area contributed by atoms with Crippen molar-refractivity contribution in [2.24, 2.45) is 11.3 Å². The number of hydrogen-bond donors (Lipinski definition) is 0. The van der Waals surface area contributed by atoms with E-state index in [4.69, 9.17) is 0 Å². The lowest BCUT2D eigenvalue weighted by Gasteiger charge is -2.49. The number of hydrogen-bond acceptors (Lipinski definition) is 2. The third-order valence-electron chi connectivity index (χ3n) is 5.44. The topological polar surface area (TPSA) is 40.6 Å². The second-order valence-corrected chi connectivity index (χ2v) is 7.51. The van der Waals surface area contributed by atoms with Crippen LogP contribution in [0.4, 0.5) is 0 Å². The van der Waals surface area contributed by atoms with E-state index in [0.29, 0.717) is 0 Å². The summed E-state index contributed by atoms with van der Waals surface area (Å²) in [6.45, 7) is 7.91. The monoisotopic (exact) mass is 278 g/mol. The minimum Gasteiger partial charge on any atom is -0.329 e. The summed E-state index contributed by atoms with van der Waals surface area (Å²) in [5, 5.41) is 0. The second kappa shape index (κ2) is 4.74. The van der Waals surface area contributed by atoms with Crippen LogP contribution in [0.15, 0.2) is 0 Å². The Balaban J connectivity index is 1.87. The lowest BCUT2D eigenvalue weighted by Crippen LogP contribution is -2.66. The minimum atomic E-state index is -0.241. The number of amides is 2. The molecule has 1 saturated carbocycles. The number of nitrogens with zero attached hydrogens (tertiary/aromatic N) is 2. The van der Waals surface area contributed by atoms with Crippen LogP contribution in [0.2, 0.25) is 0 Å². The van der Waals surface area contributed by atoms with Gasteiger partial charge in [0.1, 0.15) is 12.1 Å². The first kappa shape index (κ1) is 13.9. The molecule has 0 aromatic rings. The summed E-state index contributed by atoms with van der Waals surface area (Å²) < 4.78 is 0. The van der Waals surface area contributed by atoms with E-state index in [1.165, 1.54) is 19.3 Å². The number of piperazine rings is 1. The zero-order valence-electron chi connectivity index (χ0n) is 12.9. The largest absolute Gasteiger partial charge is 0.329 e. The summed E-state index contributed by atoms with van der Waals surface area (Å²) in [5.41, 5.74) is 0.240. The Morgan fingerprint density at radius 2 is 1.90 bits per heavy atom. The van der Waals surface area contributed by atoms with Gasteiger partial charge in [0.05, 0.1) is 0 Å². The standard InChI is InChI=1S/C16H26N2O2/c1-11(2)13-15(20)17-9-4-6-12(17)14(19)18(13)10-16(3)7-5-8-16/h11-13H,4-10H2,1-3H3. The van der Waals surface area contributed by atoms with Gasteiger partial charge in [0, 0.05) is 13.1 Å². The zero-order chi connectivity index (χ0) is 14.5. The van der Waals surface area contributed by atoms with Crippen LogP contribution in [0.5, 0.6) is 0 Å². The maximum Gasteiger partial charge on any atom is 0.246 e. The van der Waals surface area contributed by atoms with Gasteiger partial charge >= 0.3 is 0 Å². The third kappa shape index (κ3) is 2.04. The molecule has 0 aromatic carbocycles. The summed E-state index contributed by atoms with van der Waals surface area (Å²) in [7, 11) is 0. The molecule has 0 N–H and O–H groups in total. The molecule has 3 rings (SSSR count). The van der Waals surface area contributed by atoms with Gasteiger partial charge in [0.2, 0.25) is 11.8 Å². The van der Waals surface area contributed by atoms with Crippen LogP contribution < -0.4 is 0 Å². The average Bonchev–Trinajstić information content (AvgIpc) is 2.82. The Hall–Kier alpha value is -1.06. The van der Waals surface area contributed by atoms with Gasteiger partial charge in [-0.05, 0) is 37.0 Å². The van der Waals surface area contributed by atoms with E-state index < -0.39 is 0 Å². The van der Waals surface area contributed by atoms with Crippen molar-refractivity contribution >= 4 is 11.8 Å². The molecule has 2 saturated heterocycles. The molecule has 3 fully saturated rings. The van der Waals surface area contributed by atoms with E-state index in [1.807, 2.05) is 9.80 Å². The van der Waals surface area contributed by atoms with E-state index >= 15 is 0 Å². The number of fused-ring (bicyclic) bond motifs is 1. The molecule has 2 amide bonds. The Kier molecular flexibility index (Phi) is 3.30. The summed E-state index contributed by atoms with van der Waals surface area (Å²) >= 11 is 0. The summed E-state index contributed by atoms with van der Waals surface area (Å²) in [6.07, 6.45) is 5.45. The molecule has 112 valence electrons. The van der Waals surface area contributed by atoms with Gasteiger partial charge in [-0.25, -0.2) is 0 Å². The van der Waals surface area contributed by atoms with Crippen LogP contribution in [0, 0.1) is 11.3 Å². The van der Waals surface area contributed by atoms with Crippen molar-refractivity contribution in [2.75, 3.05) is 13.1 Å². The Morgan fingerprint density at radius 1 is 1.20 bits per heavy atom. The molecule has 1 aliphatic carbocycles. The molecule has 4 heteroatoms. The predicted molar refractivity (Wildman–Crippen MR) is 77.0 cm³/mol. The van der Waals surface area contributed by atoms with Gasteiger partial charge in [-0.2, -0.15) is 0 Å². The molecule has 0 bridgehead atoms. The number of rotatable bonds is 3. The molecule has 20 heavy (non-hydrogen) atoms. The van der Waals surface area contributed by atoms with E-state index in [9.17, 15) is 9.59 Å². The van der Waals surface area contributed by atoms with Crippen molar-refractivity contribution in [1.82, 2.24) is 9.80 Å². The van der Waals surface area contributed by atoms with Gasteiger partial charge in [0.25, 0.3) is 0 Å². The van der Waals surface area contributed by atoms with E-state index in [2.05, 4.69) is 20.8 Å². The molecule has 2 unspecified atom stereocenters. The van der Waals surface area contributed by atoms with Crippen LogP contribution in [0.1, 0.15) is 52.9 Å². The zero-order valence-corrected chi connectivity index (χ0v) is 12.9. The van der Waals surface area contributed by atoms with Gasteiger partial charge in [-0.15, -0.1) is 0 Å². The molecular formula is C16H26N2O2. The van der Waals surface area contributed by atoms with Gasteiger partial charge in [0.15, 0.2) is 0 Å². The van der Waals surface area contributed by atoms with Crippen molar-refractivity contribution in [1.29, 1.82) is 0 Å². The van der Waals surface area contributed by atoms with E-state index in [-0.39, 0.29) is 35.2 Å².